The van der Waals surface area contributed by atoms with Crippen molar-refractivity contribution in [2.75, 3.05) is 5.32 Å². The normalized spacial score (nSPS) is 11.8. The van der Waals surface area contributed by atoms with E-state index in [1.54, 1.807) is 32.3 Å². The highest BCUT2D eigenvalue weighted by Gasteiger charge is 2.24. The number of anilines is 1. The van der Waals surface area contributed by atoms with Gasteiger partial charge in [-0.05, 0) is 44.0 Å². The smallest absolute Gasteiger partial charge is 0.251 e. The molecule has 0 saturated carbocycles. The van der Waals surface area contributed by atoms with Crippen molar-refractivity contribution in [2.24, 2.45) is 0 Å². The Balaban J connectivity index is 2.04. The molecule has 0 saturated heterocycles. The Morgan fingerprint density at radius 2 is 1.81 bits per heavy atom. The summed E-state index contributed by atoms with van der Waals surface area (Å²) in [5.41, 5.74) is 2.39. The van der Waals surface area contributed by atoms with E-state index in [1.165, 1.54) is 0 Å². The fourth-order valence-electron chi connectivity index (χ4n) is 2.54. The van der Waals surface area contributed by atoms with E-state index in [1.807, 2.05) is 25.1 Å². The van der Waals surface area contributed by atoms with Crippen LogP contribution in [-0.4, -0.2) is 33.6 Å². The molecule has 0 unspecified atom stereocenters. The number of fused-ring (bicyclic) bond motifs is 1. The summed E-state index contributed by atoms with van der Waals surface area (Å²) >= 11 is 0. The molecule has 0 atom stereocenters. The average molecular weight is 371 g/mol. The SMILES string of the molecule is CCc1ncccc1CNc1nc(S(=O)(=O)C(C)C)nc2ncccc12. The van der Waals surface area contributed by atoms with Crippen LogP contribution in [0.3, 0.4) is 0 Å². The molecule has 0 aromatic carbocycles. The predicted octanol–water partition coefficient (Wildman–Crippen LogP) is 2.78. The maximum Gasteiger partial charge on any atom is 0.251 e. The maximum atomic E-state index is 12.5. The standard InChI is InChI=1S/C18H21N5O2S/c1-4-15-13(7-5-9-19-15)11-21-17-14-8-6-10-20-16(14)22-18(23-17)26(24,25)12(2)3/h5-10,12H,4,11H2,1-3H3,(H,20,21,22,23). The monoisotopic (exact) mass is 371 g/mol. The van der Waals surface area contributed by atoms with Gasteiger partial charge in [0.1, 0.15) is 5.82 Å². The number of pyridine rings is 2. The Morgan fingerprint density at radius 3 is 2.54 bits per heavy atom. The summed E-state index contributed by atoms with van der Waals surface area (Å²) in [6.45, 7) is 5.75. The van der Waals surface area contributed by atoms with E-state index in [0.717, 1.165) is 17.7 Å². The number of nitrogens with zero attached hydrogens (tertiary/aromatic N) is 4. The van der Waals surface area contributed by atoms with Crippen molar-refractivity contribution < 1.29 is 8.42 Å². The lowest BCUT2D eigenvalue weighted by molar-refractivity contribution is 0.579. The van der Waals surface area contributed by atoms with Crippen molar-refractivity contribution in [1.29, 1.82) is 0 Å². The van der Waals surface area contributed by atoms with Gasteiger partial charge in [0.2, 0.25) is 9.84 Å². The molecular weight excluding hydrogens is 350 g/mol. The van der Waals surface area contributed by atoms with Crippen LogP contribution < -0.4 is 5.32 Å². The minimum absolute atomic E-state index is 0.205. The Morgan fingerprint density at radius 1 is 1.08 bits per heavy atom. The van der Waals surface area contributed by atoms with Crippen molar-refractivity contribution in [3.8, 4) is 0 Å². The van der Waals surface area contributed by atoms with Crippen LogP contribution in [-0.2, 0) is 22.8 Å². The molecule has 0 radical (unpaired) electrons. The summed E-state index contributed by atoms with van der Waals surface area (Å²) in [6, 6.07) is 7.46. The summed E-state index contributed by atoms with van der Waals surface area (Å²) < 4.78 is 25.0. The molecule has 0 aliphatic carbocycles. The molecule has 3 aromatic rings. The van der Waals surface area contributed by atoms with Crippen LogP contribution >= 0.6 is 0 Å². The third-order valence-electron chi connectivity index (χ3n) is 4.09. The van der Waals surface area contributed by atoms with Crippen LogP contribution in [0.15, 0.2) is 41.8 Å². The second-order valence-electron chi connectivity index (χ2n) is 6.14. The first-order chi connectivity index (χ1) is 12.4. The second-order valence-corrected chi connectivity index (χ2v) is 8.54. The number of rotatable bonds is 6. The zero-order valence-electron chi connectivity index (χ0n) is 15.0. The average Bonchev–Trinajstić information content (AvgIpc) is 2.65. The second kappa shape index (κ2) is 7.33. The lowest BCUT2D eigenvalue weighted by Gasteiger charge is -2.13. The van der Waals surface area contributed by atoms with E-state index in [9.17, 15) is 8.42 Å². The number of hydrogen-bond acceptors (Lipinski definition) is 7. The van der Waals surface area contributed by atoms with E-state index in [-0.39, 0.29) is 5.16 Å². The zero-order chi connectivity index (χ0) is 18.7. The van der Waals surface area contributed by atoms with Gasteiger partial charge in [-0.3, -0.25) is 4.98 Å². The summed E-state index contributed by atoms with van der Waals surface area (Å²) in [5, 5.41) is 3.10. The first kappa shape index (κ1) is 18.2. The molecule has 0 bridgehead atoms. The zero-order valence-corrected chi connectivity index (χ0v) is 15.8. The molecule has 8 heteroatoms. The highest BCUT2D eigenvalue weighted by molar-refractivity contribution is 7.91. The topological polar surface area (TPSA) is 97.7 Å². The molecule has 3 rings (SSSR count). The number of aryl methyl sites for hydroxylation is 1. The van der Waals surface area contributed by atoms with Gasteiger partial charge in [-0.15, -0.1) is 0 Å². The Bertz CT molecular complexity index is 1030. The third-order valence-corrected chi connectivity index (χ3v) is 6.02. The molecule has 3 aromatic heterocycles. The predicted molar refractivity (Wildman–Crippen MR) is 101 cm³/mol. The number of sulfone groups is 1. The maximum absolute atomic E-state index is 12.5. The molecular formula is C18H21N5O2S. The van der Waals surface area contributed by atoms with Gasteiger partial charge in [0.05, 0.1) is 10.6 Å². The molecule has 1 N–H and O–H groups in total. The lowest BCUT2D eigenvalue weighted by Crippen LogP contribution is -2.18. The van der Waals surface area contributed by atoms with Crippen molar-refractivity contribution in [3.05, 3.63) is 47.9 Å². The molecule has 7 nitrogen and oxygen atoms in total. The summed E-state index contributed by atoms with van der Waals surface area (Å²) in [7, 11) is -3.60. The van der Waals surface area contributed by atoms with Crippen LogP contribution in [0.1, 0.15) is 32.0 Å². The van der Waals surface area contributed by atoms with Gasteiger partial charge in [0, 0.05) is 24.6 Å². The van der Waals surface area contributed by atoms with E-state index >= 15 is 0 Å². The largest absolute Gasteiger partial charge is 0.365 e. The number of aromatic nitrogens is 4. The van der Waals surface area contributed by atoms with E-state index in [0.29, 0.717) is 23.4 Å². The van der Waals surface area contributed by atoms with Gasteiger partial charge in [-0.2, -0.15) is 4.98 Å². The summed E-state index contributed by atoms with van der Waals surface area (Å²) in [5.74, 6) is 0.452. The van der Waals surface area contributed by atoms with Gasteiger partial charge >= 0.3 is 0 Å². The molecule has 0 spiro atoms. The van der Waals surface area contributed by atoms with Crippen LogP contribution in [0.25, 0.3) is 11.0 Å². The fourth-order valence-corrected chi connectivity index (χ4v) is 3.40. The quantitative estimate of drug-likeness (QED) is 0.665. The van der Waals surface area contributed by atoms with Gasteiger partial charge in [-0.1, -0.05) is 13.0 Å². The van der Waals surface area contributed by atoms with E-state index < -0.39 is 15.1 Å². The van der Waals surface area contributed by atoms with Crippen molar-refractivity contribution >= 4 is 26.7 Å². The Kier molecular flexibility index (Phi) is 5.13. The van der Waals surface area contributed by atoms with E-state index in [2.05, 4.69) is 25.3 Å². The van der Waals surface area contributed by atoms with E-state index in [4.69, 9.17) is 0 Å². The minimum Gasteiger partial charge on any atom is -0.365 e. The highest BCUT2D eigenvalue weighted by Crippen LogP contribution is 2.23. The third kappa shape index (κ3) is 3.50. The highest BCUT2D eigenvalue weighted by atomic mass is 32.2. The number of hydrogen-bond donors (Lipinski definition) is 1. The van der Waals surface area contributed by atoms with Gasteiger partial charge in [0.25, 0.3) is 5.16 Å². The minimum atomic E-state index is -3.60. The molecule has 3 heterocycles. The van der Waals surface area contributed by atoms with Gasteiger partial charge < -0.3 is 5.32 Å². The summed E-state index contributed by atoms with van der Waals surface area (Å²) in [6.07, 6.45) is 4.16. The van der Waals surface area contributed by atoms with Crippen molar-refractivity contribution in [2.45, 2.75) is 44.1 Å². The van der Waals surface area contributed by atoms with Gasteiger partial charge in [0.15, 0.2) is 5.65 Å². The number of nitrogens with one attached hydrogen (secondary N) is 1. The van der Waals surface area contributed by atoms with Crippen LogP contribution in [0, 0.1) is 0 Å². The van der Waals surface area contributed by atoms with Crippen molar-refractivity contribution in [1.82, 2.24) is 19.9 Å². The first-order valence-corrected chi connectivity index (χ1v) is 10.0. The lowest BCUT2D eigenvalue weighted by atomic mass is 10.1. The van der Waals surface area contributed by atoms with Crippen LogP contribution in [0.5, 0.6) is 0 Å². The van der Waals surface area contributed by atoms with Crippen LogP contribution in [0.2, 0.25) is 0 Å². The molecule has 0 amide bonds. The van der Waals surface area contributed by atoms with Gasteiger partial charge in [-0.25, -0.2) is 18.4 Å². The first-order valence-electron chi connectivity index (χ1n) is 8.46. The summed E-state index contributed by atoms with van der Waals surface area (Å²) in [4.78, 5) is 17.0. The molecule has 136 valence electrons. The Labute approximate surface area is 152 Å². The van der Waals surface area contributed by atoms with Crippen LogP contribution in [0.4, 0.5) is 5.82 Å². The van der Waals surface area contributed by atoms with Crippen molar-refractivity contribution in [3.63, 3.8) is 0 Å². The fraction of sp³-hybridized carbons (Fsp3) is 0.333. The molecule has 26 heavy (non-hydrogen) atoms. The molecule has 0 aliphatic heterocycles. The molecule has 0 aliphatic rings. The Hall–Kier alpha value is -2.61. The molecule has 0 fully saturated rings.